The third kappa shape index (κ3) is 2.72. The SMILES string of the molecule is Cc1ccc(N2CCCC(c3ccncc3)C2)nn1. The van der Waals surface area contributed by atoms with Crippen molar-refractivity contribution < 1.29 is 0 Å². The fraction of sp³-hybridized carbons (Fsp3) is 0.400. The molecule has 4 nitrogen and oxygen atoms in total. The predicted molar refractivity (Wildman–Crippen MR) is 75.2 cm³/mol. The van der Waals surface area contributed by atoms with Gasteiger partial charge in [0.05, 0.1) is 5.69 Å². The zero-order chi connectivity index (χ0) is 13.1. The van der Waals surface area contributed by atoms with Crippen molar-refractivity contribution in [3.8, 4) is 0 Å². The zero-order valence-corrected chi connectivity index (χ0v) is 11.2. The summed E-state index contributed by atoms with van der Waals surface area (Å²) in [5.41, 5.74) is 2.34. The van der Waals surface area contributed by atoms with Crippen LogP contribution in [0, 0.1) is 6.92 Å². The van der Waals surface area contributed by atoms with Gasteiger partial charge in [-0.3, -0.25) is 4.98 Å². The minimum Gasteiger partial charge on any atom is -0.355 e. The predicted octanol–water partition coefficient (Wildman–Crippen LogP) is 2.56. The van der Waals surface area contributed by atoms with Gasteiger partial charge in [-0.1, -0.05) is 0 Å². The van der Waals surface area contributed by atoms with Crippen molar-refractivity contribution in [3.05, 3.63) is 47.9 Å². The van der Waals surface area contributed by atoms with E-state index in [9.17, 15) is 0 Å². The number of rotatable bonds is 2. The second kappa shape index (κ2) is 5.34. The van der Waals surface area contributed by atoms with Crippen LogP contribution < -0.4 is 4.90 Å². The summed E-state index contributed by atoms with van der Waals surface area (Å²) in [6.45, 7) is 4.05. The molecule has 0 aromatic carbocycles. The molecule has 2 aromatic heterocycles. The molecule has 1 aliphatic heterocycles. The normalized spacial score (nSPS) is 19.4. The van der Waals surface area contributed by atoms with Crippen molar-refractivity contribution in [1.29, 1.82) is 0 Å². The molecule has 0 aliphatic carbocycles. The number of anilines is 1. The van der Waals surface area contributed by atoms with E-state index in [1.165, 1.54) is 18.4 Å². The van der Waals surface area contributed by atoms with E-state index in [-0.39, 0.29) is 0 Å². The smallest absolute Gasteiger partial charge is 0.151 e. The molecule has 3 heterocycles. The molecule has 1 unspecified atom stereocenters. The van der Waals surface area contributed by atoms with Crippen molar-refractivity contribution in [3.63, 3.8) is 0 Å². The molecule has 19 heavy (non-hydrogen) atoms. The third-order valence-corrected chi connectivity index (χ3v) is 3.71. The lowest BCUT2D eigenvalue weighted by molar-refractivity contribution is 0.505. The van der Waals surface area contributed by atoms with Crippen LogP contribution in [0.4, 0.5) is 5.82 Å². The van der Waals surface area contributed by atoms with E-state index < -0.39 is 0 Å². The van der Waals surface area contributed by atoms with E-state index in [1.54, 1.807) is 0 Å². The number of hydrogen-bond acceptors (Lipinski definition) is 4. The number of hydrogen-bond donors (Lipinski definition) is 0. The second-order valence-corrected chi connectivity index (χ2v) is 5.10. The molecule has 0 radical (unpaired) electrons. The van der Waals surface area contributed by atoms with Gasteiger partial charge < -0.3 is 4.90 Å². The summed E-state index contributed by atoms with van der Waals surface area (Å²) in [7, 11) is 0. The van der Waals surface area contributed by atoms with Gasteiger partial charge in [0, 0.05) is 31.4 Å². The van der Waals surface area contributed by atoms with Gasteiger partial charge in [-0.05, 0) is 49.6 Å². The van der Waals surface area contributed by atoms with Crippen LogP contribution in [0.25, 0.3) is 0 Å². The highest BCUT2D eigenvalue weighted by Crippen LogP contribution is 2.28. The lowest BCUT2D eigenvalue weighted by Crippen LogP contribution is -2.35. The summed E-state index contributed by atoms with van der Waals surface area (Å²) < 4.78 is 0. The Morgan fingerprint density at radius 1 is 1.11 bits per heavy atom. The highest BCUT2D eigenvalue weighted by molar-refractivity contribution is 5.39. The molecule has 0 N–H and O–H groups in total. The molecule has 1 saturated heterocycles. The summed E-state index contributed by atoms with van der Waals surface area (Å²) in [5, 5.41) is 8.44. The molecule has 0 spiro atoms. The van der Waals surface area contributed by atoms with Crippen molar-refractivity contribution >= 4 is 5.82 Å². The Morgan fingerprint density at radius 2 is 1.95 bits per heavy atom. The molecule has 3 rings (SSSR count). The fourth-order valence-corrected chi connectivity index (χ4v) is 2.65. The Labute approximate surface area is 113 Å². The summed E-state index contributed by atoms with van der Waals surface area (Å²) in [5.74, 6) is 1.56. The van der Waals surface area contributed by atoms with E-state index in [0.717, 1.165) is 24.6 Å². The van der Waals surface area contributed by atoms with Crippen molar-refractivity contribution in [1.82, 2.24) is 15.2 Å². The first-order valence-corrected chi connectivity index (χ1v) is 6.78. The molecular formula is C15H18N4. The van der Waals surface area contributed by atoms with Crippen LogP contribution in [0.5, 0.6) is 0 Å². The lowest BCUT2D eigenvalue weighted by atomic mass is 9.91. The number of aryl methyl sites for hydroxylation is 1. The van der Waals surface area contributed by atoms with Crippen LogP contribution in [0.2, 0.25) is 0 Å². The summed E-state index contributed by atoms with van der Waals surface area (Å²) >= 11 is 0. The molecule has 1 aliphatic rings. The number of nitrogens with zero attached hydrogens (tertiary/aromatic N) is 4. The Balaban J connectivity index is 1.76. The van der Waals surface area contributed by atoms with E-state index in [0.29, 0.717) is 5.92 Å². The fourth-order valence-electron chi connectivity index (χ4n) is 2.65. The van der Waals surface area contributed by atoms with Gasteiger partial charge in [-0.15, -0.1) is 5.10 Å². The van der Waals surface area contributed by atoms with Crippen molar-refractivity contribution in [2.24, 2.45) is 0 Å². The highest BCUT2D eigenvalue weighted by atomic mass is 15.3. The van der Waals surface area contributed by atoms with E-state index in [1.807, 2.05) is 25.4 Å². The van der Waals surface area contributed by atoms with Crippen LogP contribution in [0.1, 0.15) is 30.0 Å². The Bertz CT molecular complexity index is 524. The first kappa shape index (κ1) is 12.1. The minimum absolute atomic E-state index is 0.569. The average Bonchev–Trinajstić information content (AvgIpc) is 2.49. The standard InChI is InChI=1S/C15H18N4/c1-12-4-5-15(18-17-12)19-10-2-3-14(11-19)13-6-8-16-9-7-13/h4-9,14H,2-3,10-11H2,1H3. The van der Waals surface area contributed by atoms with Crippen molar-refractivity contribution in [2.45, 2.75) is 25.7 Å². The lowest BCUT2D eigenvalue weighted by Gasteiger charge is -2.33. The minimum atomic E-state index is 0.569. The van der Waals surface area contributed by atoms with E-state index >= 15 is 0 Å². The number of aromatic nitrogens is 3. The van der Waals surface area contributed by atoms with Crippen LogP contribution in [-0.4, -0.2) is 28.3 Å². The Hall–Kier alpha value is -1.97. The van der Waals surface area contributed by atoms with E-state index in [4.69, 9.17) is 0 Å². The molecule has 1 atom stereocenters. The van der Waals surface area contributed by atoms with Gasteiger partial charge in [-0.25, -0.2) is 0 Å². The third-order valence-electron chi connectivity index (χ3n) is 3.71. The molecule has 0 amide bonds. The molecule has 2 aromatic rings. The molecule has 98 valence electrons. The van der Waals surface area contributed by atoms with Gasteiger partial charge >= 0.3 is 0 Å². The first-order valence-electron chi connectivity index (χ1n) is 6.78. The molecule has 0 bridgehead atoms. The number of piperidine rings is 1. The molecular weight excluding hydrogens is 236 g/mol. The van der Waals surface area contributed by atoms with Gasteiger partial charge in [0.1, 0.15) is 0 Å². The molecule has 1 fully saturated rings. The van der Waals surface area contributed by atoms with Gasteiger partial charge in [0.25, 0.3) is 0 Å². The maximum Gasteiger partial charge on any atom is 0.151 e. The summed E-state index contributed by atoms with van der Waals surface area (Å²) in [6, 6.07) is 8.33. The van der Waals surface area contributed by atoms with E-state index in [2.05, 4.69) is 38.3 Å². The molecule has 0 saturated carbocycles. The maximum absolute atomic E-state index is 4.29. The monoisotopic (exact) mass is 254 g/mol. The first-order chi connectivity index (χ1) is 9.33. The van der Waals surface area contributed by atoms with Crippen LogP contribution in [0.15, 0.2) is 36.7 Å². The molecule has 4 heteroatoms. The summed E-state index contributed by atoms with van der Waals surface area (Å²) in [4.78, 5) is 6.43. The number of pyridine rings is 1. The maximum atomic E-state index is 4.29. The second-order valence-electron chi connectivity index (χ2n) is 5.10. The Kier molecular flexibility index (Phi) is 3.40. The van der Waals surface area contributed by atoms with Gasteiger partial charge in [0.2, 0.25) is 0 Å². The average molecular weight is 254 g/mol. The van der Waals surface area contributed by atoms with Crippen LogP contribution in [0.3, 0.4) is 0 Å². The summed E-state index contributed by atoms with van der Waals surface area (Å²) in [6.07, 6.45) is 6.18. The quantitative estimate of drug-likeness (QED) is 0.826. The van der Waals surface area contributed by atoms with Gasteiger partial charge in [0.15, 0.2) is 5.82 Å². The zero-order valence-electron chi connectivity index (χ0n) is 11.2. The van der Waals surface area contributed by atoms with Gasteiger partial charge in [-0.2, -0.15) is 5.10 Å². The van der Waals surface area contributed by atoms with Crippen LogP contribution in [-0.2, 0) is 0 Å². The largest absolute Gasteiger partial charge is 0.355 e. The highest BCUT2D eigenvalue weighted by Gasteiger charge is 2.22. The van der Waals surface area contributed by atoms with Crippen LogP contribution >= 0.6 is 0 Å². The topological polar surface area (TPSA) is 41.9 Å². The Morgan fingerprint density at radius 3 is 2.68 bits per heavy atom. The van der Waals surface area contributed by atoms with Crippen molar-refractivity contribution in [2.75, 3.05) is 18.0 Å².